The molecule has 108 valence electrons. The molecule has 0 spiro atoms. The molecular weight excluding hydrogens is 340 g/mol. The Hall–Kier alpha value is -0.810. The van der Waals surface area contributed by atoms with Crippen LogP contribution < -0.4 is 5.73 Å². The summed E-state index contributed by atoms with van der Waals surface area (Å²) in [4.78, 5) is 2.19. The van der Waals surface area contributed by atoms with Crippen molar-refractivity contribution in [3.63, 3.8) is 0 Å². The second-order valence-electron chi connectivity index (χ2n) is 4.78. The highest BCUT2D eigenvalue weighted by Crippen LogP contribution is 2.33. The fourth-order valence-electron chi connectivity index (χ4n) is 2.27. The van der Waals surface area contributed by atoms with E-state index in [1.807, 2.05) is 31.3 Å². The van der Waals surface area contributed by atoms with Crippen molar-refractivity contribution in [2.75, 3.05) is 13.6 Å². The second kappa shape index (κ2) is 6.76. The highest BCUT2D eigenvalue weighted by atomic mass is 79.9. The van der Waals surface area contributed by atoms with Crippen molar-refractivity contribution < 1.29 is 4.42 Å². The van der Waals surface area contributed by atoms with Crippen LogP contribution in [0.3, 0.4) is 0 Å². The zero-order chi connectivity index (χ0) is 14.7. The molecule has 2 rings (SSSR count). The van der Waals surface area contributed by atoms with Crippen LogP contribution in [0.5, 0.6) is 0 Å². The van der Waals surface area contributed by atoms with Gasteiger partial charge in [-0.1, -0.05) is 23.7 Å². The number of hydrogen-bond donors (Lipinski definition) is 1. The van der Waals surface area contributed by atoms with E-state index in [9.17, 15) is 0 Å². The lowest BCUT2D eigenvalue weighted by molar-refractivity contribution is 0.168. The Morgan fingerprint density at radius 1 is 1.40 bits per heavy atom. The summed E-state index contributed by atoms with van der Waals surface area (Å²) < 4.78 is 6.50. The average molecular weight is 358 g/mol. The lowest BCUT2D eigenvalue weighted by Crippen LogP contribution is -2.32. The van der Waals surface area contributed by atoms with Gasteiger partial charge in [0.15, 0.2) is 0 Å². The first-order chi connectivity index (χ1) is 9.54. The van der Waals surface area contributed by atoms with Gasteiger partial charge >= 0.3 is 0 Å². The smallest absolute Gasteiger partial charge is 0.136 e. The SMILES string of the molecule is CC(c1cccc(Cl)c1)N(C)C(CN)c1occc1Br. The molecule has 0 saturated carbocycles. The third-order valence-electron chi connectivity index (χ3n) is 3.60. The highest BCUT2D eigenvalue weighted by molar-refractivity contribution is 9.10. The lowest BCUT2D eigenvalue weighted by Gasteiger charge is -2.31. The van der Waals surface area contributed by atoms with Crippen molar-refractivity contribution in [2.45, 2.75) is 19.0 Å². The topological polar surface area (TPSA) is 42.4 Å². The van der Waals surface area contributed by atoms with E-state index in [1.165, 1.54) is 0 Å². The summed E-state index contributed by atoms with van der Waals surface area (Å²) in [5.74, 6) is 0.851. The molecule has 1 heterocycles. The zero-order valence-electron chi connectivity index (χ0n) is 11.5. The van der Waals surface area contributed by atoms with Gasteiger partial charge < -0.3 is 10.2 Å². The molecule has 0 bridgehead atoms. The first-order valence-corrected chi connectivity index (χ1v) is 7.62. The molecule has 2 aromatic rings. The van der Waals surface area contributed by atoms with Crippen molar-refractivity contribution in [3.05, 3.63) is 57.4 Å². The molecule has 2 N–H and O–H groups in total. The van der Waals surface area contributed by atoms with Crippen LogP contribution in [0.4, 0.5) is 0 Å². The molecule has 0 aliphatic rings. The summed E-state index contributed by atoms with van der Waals surface area (Å²) in [5, 5.41) is 0.742. The molecule has 2 atom stereocenters. The Balaban J connectivity index is 2.24. The number of rotatable bonds is 5. The Bertz CT molecular complexity index is 573. The molecule has 0 saturated heterocycles. The standard InChI is InChI=1S/C15H18BrClN2O/c1-10(11-4-3-5-12(17)8-11)19(2)14(9-18)15-13(16)6-7-20-15/h3-8,10,14H,9,18H2,1-2H3. The van der Waals surface area contributed by atoms with Gasteiger partial charge in [-0.25, -0.2) is 0 Å². The van der Waals surface area contributed by atoms with Crippen molar-refractivity contribution in [2.24, 2.45) is 5.73 Å². The highest BCUT2D eigenvalue weighted by Gasteiger charge is 2.25. The van der Waals surface area contributed by atoms with Crippen LogP contribution in [0, 0.1) is 0 Å². The predicted molar refractivity (Wildman–Crippen MR) is 85.8 cm³/mol. The van der Waals surface area contributed by atoms with Crippen LogP contribution in [0.15, 0.2) is 45.5 Å². The minimum atomic E-state index is 0.00774. The van der Waals surface area contributed by atoms with E-state index >= 15 is 0 Å². The van der Waals surface area contributed by atoms with Gasteiger partial charge in [0.2, 0.25) is 0 Å². The molecule has 5 heteroatoms. The van der Waals surface area contributed by atoms with E-state index in [0.717, 1.165) is 20.8 Å². The molecule has 20 heavy (non-hydrogen) atoms. The molecule has 0 radical (unpaired) electrons. The molecular formula is C15H18BrClN2O. The van der Waals surface area contributed by atoms with Crippen LogP contribution in [-0.4, -0.2) is 18.5 Å². The average Bonchev–Trinajstić information content (AvgIpc) is 2.85. The van der Waals surface area contributed by atoms with Crippen LogP contribution in [0.2, 0.25) is 5.02 Å². The number of furan rings is 1. The lowest BCUT2D eigenvalue weighted by atomic mass is 10.0. The van der Waals surface area contributed by atoms with Gasteiger partial charge in [0.1, 0.15) is 5.76 Å². The Kier molecular flexibility index (Phi) is 5.27. The minimum absolute atomic E-state index is 0.00774. The van der Waals surface area contributed by atoms with Crippen molar-refractivity contribution in [3.8, 4) is 0 Å². The van der Waals surface area contributed by atoms with E-state index in [-0.39, 0.29) is 12.1 Å². The van der Waals surface area contributed by atoms with E-state index in [1.54, 1.807) is 6.26 Å². The monoisotopic (exact) mass is 356 g/mol. The van der Waals surface area contributed by atoms with Crippen LogP contribution in [-0.2, 0) is 0 Å². The molecule has 0 fully saturated rings. The van der Waals surface area contributed by atoms with Crippen molar-refractivity contribution >= 4 is 27.5 Å². The normalized spacial score (nSPS) is 14.5. The molecule has 1 aromatic carbocycles. The summed E-state index contributed by atoms with van der Waals surface area (Å²) in [6.07, 6.45) is 1.67. The maximum atomic E-state index is 6.06. The molecule has 0 amide bonds. The number of halogens is 2. The second-order valence-corrected chi connectivity index (χ2v) is 6.07. The van der Waals surface area contributed by atoms with Crippen LogP contribution in [0.1, 0.15) is 30.3 Å². The van der Waals surface area contributed by atoms with Gasteiger partial charge in [0, 0.05) is 17.6 Å². The molecule has 2 unspecified atom stereocenters. The van der Waals surface area contributed by atoms with E-state index in [2.05, 4.69) is 33.8 Å². The Labute approximate surface area is 132 Å². The molecule has 1 aromatic heterocycles. The fraction of sp³-hybridized carbons (Fsp3) is 0.333. The van der Waals surface area contributed by atoms with Gasteiger partial charge in [0.05, 0.1) is 16.8 Å². The summed E-state index contributed by atoms with van der Waals surface area (Å²) in [7, 11) is 2.04. The summed E-state index contributed by atoms with van der Waals surface area (Å²) >= 11 is 9.56. The third kappa shape index (κ3) is 3.26. The first kappa shape index (κ1) is 15.6. The number of hydrogen-bond acceptors (Lipinski definition) is 3. The van der Waals surface area contributed by atoms with Gasteiger partial charge in [-0.3, -0.25) is 4.90 Å². The van der Waals surface area contributed by atoms with Gasteiger partial charge in [-0.15, -0.1) is 0 Å². The van der Waals surface area contributed by atoms with Crippen LogP contribution >= 0.6 is 27.5 Å². The van der Waals surface area contributed by atoms with E-state index < -0.39 is 0 Å². The van der Waals surface area contributed by atoms with Gasteiger partial charge in [0.25, 0.3) is 0 Å². The maximum Gasteiger partial charge on any atom is 0.136 e. The van der Waals surface area contributed by atoms with Crippen LogP contribution in [0.25, 0.3) is 0 Å². The number of likely N-dealkylation sites (N-methyl/N-ethyl adjacent to an activating group) is 1. The molecule has 3 nitrogen and oxygen atoms in total. The van der Waals surface area contributed by atoms with E-state index in [4.69, 9.17) is 21.8 Å². The van der Waals surface area contributed by atoms with Crippen molar-refractivity contribution in [1.29, 1.82) is 0 Å². The third-order valence-corrected chi connectivity index (χ3v) is 4.49. The van der Waals surface area contributed by atoms with Crippen molar-refractivity contribution in [1.82, 2.24) is 4.90 Å². The largest absolute Gasteiger partial charge is 0.466 e. The Morgan fingerprint density at radius 3 is 2.70 bits per heavy atom. The quantitative estimate of drug-likeness (QED) is 0.863. The van der Waals surface area contributed by atoms with Gasteiger partial charge in [-0.2, -0.15) is 0 Å². The number of benzene rings is 1. The fourth-order valence-corrected chi connectivity index (χ4v) is 2.94. The maximum absolute atomic E-state index is 6.06. The zero-order valence-corrected chi connectivity index (χ0v) is 13.9. The summed E-state index contributed by atoms with van der Waals surface area (Å²) in [5.41, 5.74) is 7.08. The first-order valence-electron chi connectivity index (χ1n) is 6.45. The van der Waals surface area contributed by atoms with E-state index in [0.29, 0.717) is 6.54 Å². The minimum Gasteiger partial charge on any atom is -0.466 e. The Morgan fingerprint density at radius 2 is 2.15 bits per heavy atom. The van der Waals surface area contributed by atoms with Gasteiger partial charge in [-0.05, 0) is 53.7 Å². The molecule has 0 aliphatic carbocycles. The molecule has 0 aliphatic heterocycles. The summed E-state index contributed by atoms with van der Waals surface area (Å²) in [6, 6.07) is 9.96. The predicted octanol–water partition coefficient (Wildman–Crippen LogP) is 4.39. The summed E-state index contributed by atoms with van der Waals surface area (Å²) in [6.45, 7) is 2.61. The number of nitrogens with two attached hydrogens (primary N) is 1. The number of nitrogens with zero attached hydrogens (tertiary/aromatic N) is 1.